The molecule has 1 aromatic carbocycles. The van der Waals surface area contributed by atoms with Crippen LogP contribution in [-0.2, 0) is 4.79 Å². The number of carbonyl (C=O) groups is 2. The first kappa shape index (κ1) is 14.1. The largest absolute Gasteiger partial charge is 0.484 e. The highest BCUT2D eigenvalue weighted by atomic mass is 32.1. The van der Waals surface area contributed by atoms with Gasteiger partial charge in [-0.3, -0.25) is 14.9 Å². The number of ketones is 1. The third-order valence-corrected chi connectivity index (χ3v) is 3.16. The molecule has 0 atom stereocenters. The molecule has 7 heteroatoms. The van der Waals surface area contributed by atoms with Crippen LogP contribution in [0.25, 0.3) is 0 Å². The smallest absolute Gasteiger partial charge is 0.264 e. The van der Waals surface area contributed by atoms with Crippen molar-refractivity contribution in [2.24, 2.45) is 0 Å². The Morgan fingerprint density at radius 1 is 1.25 bits per heavy atom. The van der Waals surface area contributed by atoms with E-state index < -0.39 is 0 Å². The van der Waals surface area contributed by atoms with Gasteiger partial charge in [0.2, 0.25) is 5.13 Å². The van der Waals surface area contributed by atoms with Crippen molar-refractivity contribution in [2.45, 2.75) is 13.8 Å². The summed E-state index contributed by atoms with van der Waals surface area (Å²) in [5.41, 5.74) is 0.603. The standard InChI is InChI=1S/C13H13N3O3S/c1-8(17)10-3-5-11(6-4-10)19-7-12(18)14-13-16-15-9(2)20-13/h3-6H,7H2,1-2H3,(H,14,16,18). The first-order valence-electron chi connectivity index (χ1n) is 5.88. The van der Waals surface area contributed by atoms with Crippen LogP contribution in [0.5, 0.6) is 5.75 Å². The summed E-state index contributed by atoms with van der Waals surface area (Å²) >= 11 is 1.30. The van der Waals surface area contributed by atoms with Gasteiger partial charge in [0.05, 0.1) is 0 Å². The molecule has 0 unspecified atom stereocenters. The highest BCUT2D eigenvalue weighted by molar-refractivity contribution is 7.15. The van der Waals surface area contributed by atoms with Gasteiger partial charge in [0.25, 0.3) is 5.91 Å². The SMILES string of the molecule is CC(=O)c1ccc(OCC(=O)Nc2nnc(C)s2)cc1. The van der Waals surface area contributed by atoms with E-state index in [1.54, 1.807) is 31.2 Å². The molecular weight excluding hydrogens is 278 g/mol. The summed E-state index contributed by atoms with van der Waals surface area (Å²) < 4.78 is 5.31. The van der Waals surface area contributed by atoms with Crippen molar-refractivity contribution >= 4 is 28.2 Å². The molecule has 0 aliphatic heterocycles. The average molecular weight is 291 g/mol. The Bertz CT molecular complexity index is 622. The molecule has 2 rings (SSSR count). The number of hydrogen-bond acceptors (Lipinski definition) is 6. The van der Waals surface area contributed by atoms with Crippen molar-refractivity contribution in [1.29, 1.82) is 0 Å². The Hall–Kier alpha value is -2.28. The zero-order valence-corrected chi connectivity index (χ0v) is 11.9. The number of nitrogens with one attached hydrogen (secondary N) is 1. The zero-order valence-electron chi connectivity index (χ0n) is 11.0. The Kier molecular flexibility index (Phi) is 4.41. The van der Waals surface area contributed by atoms with Crippen LogP contribution >= 0.6 is 11.3 Å². The molecule has 6 nitrogen and oxygen atoms in total. The summed E-state index contributed by atoms with van der Waals surface area (Å²) in [6, 6.07) is 6.62. The highest BCUT2D eigenvalue weighted by Gasteiger charge is 2.07. The maximum Gasteiger partial charge on any atom is 0.264 e. The van der Waals surface area contributed by atoms with Crippen LogP contribution in [0.2, 0.25) is 0 Å². The fraction of sp³-hybridized carbons (Fsp3) is 0.231. The lowest BCUT2D eigenvalue weighted by Crippen LogP contribution is -2.20. The van der Waals surface area contributed by atoms with E-state index >= 15 is 0 Å². The predicted octanol–water partition coefficient (Wildman–Crippen LogP) is 2.07. The van der Waals surface area contributed by atoms with Crippen molar-refractivity contribution in [3.63, 3.8) is 0 Å². The second kappa shape index (κ2) is 6.25. The van der Waals surface area contributed by atoms with Gasteiger partial charge in [-0.1, -0.05) is 11.3 Å². The third kappa shape index (κ3) is 3.86. The number of benzene rings is 1. The Morgan fingerprint density at radius 3 is 2.50 bits per heavy atom. The number of Topliss-reactive ketones (excluding diaryl/α,β-unsaturated/α-hetero) is 1. The van der Waals surface area contributed by atoms with Gasteiger partial charge in [-0.05, 0) is 38.1 Å². The number of ether oxygens (including phenoxy) is 1. The maximum atomic E-state index is 11.6. The molecule has 0 aliphatic rings. The number of aromatic nitrogens is 2. The second-order valence-corrected chi connectivity index (χ2v) is 5.23. The highest BCUT2D eigenvalue weighted by Crippen LogP contribution is 2.14. The van der Waals surface area contributed by atoms with Crippen molar-refractivity contribution in [3.05, 3.63) is 34.8 Å². The number of hydrogen-bond donors (Lipinski definition) is 1. The maximum absolute atomic E-state index is 11.6. The van der Waals surface area contributed by atoms with Crippen molar-refractivity contribution in [1.82, 2.24) is 10.2 Å². The summed E-state index contributed by atoms with van der Waals surface area (Å²) in [5.74, 6) is 0.205. The van der Waals surface area contributed by atoms with Gasteiger partial charge in [-0.15, -0.1) is 10.2 Å². The van der Waals surface area contributed by atoms with E-state index in [2.05, 4.69) is 15.5 Å². The van der Waals surface area contributed by atoms with Gasteiger partial charge in [0, 0.05) is 5.56 Å². The van der Waals surface area contributed by atoms with Crippen LogP contribution in [0, 0.1) is 6.92 Å². The summed E-state index contributed by atoms with van der Waals surface area (Å²) in [6.45, 7) is 3.17. The molecule has 0 bridgehead atoms. The van der Waals surface area contributed by atoms with E-state index in [0.717, 1.165) is 5.01 Å². The van der Waals surface area contributed by atoms with E-state index in [0.29, 0.717) is 16.4 Å². The number of carbonyl (C=O) groups excluding carboxylic acids is 2. The summed E-state index contributed by atoms with van der Waals surface area (Å²) in [7, 11) is 0. The fourth-order valence-electron chi connectivity index (χ4n) is 1.44. The number of nitrogens with zero attached hydrogens (tertiary/aromatic N) is 2. The molecule has 1 aromatic heterocycles. The first-order chi connectivity index (χ1) is 9.54. The van der Waals surface area contributed by atoms with Crippen LogP contribution in [-0.4, -0.2) is 28.5 Å². The van der Waals surface area contributed by atoms with E-state index in [1.165, 1.54) is 18.3 Å². The van der Waals surface area contributed by atoms with E-state index in [4.69, 9.17) is 4.74 Å². The first-order valence-corrected chi connectivity index (χ1v) is 6.70. The van der Waals surface area contributed by atoms with Crippen molar-refractivity contribution in [2.75, 3.05) is 11.9 Å². The van der Waals surface area contributed by atoms with E-state index in [1.807, 2.05) is 0 Å². The third-order valence-electron chi connectivity index (χ3n) is 2.40. The zero-order chi connectivity index (χ0) is 14.5. The molecule has 104 valence electrons. The molecule has 1 heterocycles. The Morgan fingerprint density at radius 2 is 1.95 bits per heavy atom. The van der Waals surface area contributed by atoms with E-state index in [9.17, 15) is 9.59 Å². The van der Waals surface area contributed by atoms with Gasteiger partial charge < -0.3 is 4.74 Å². The molecule has 0 fully saturated rings. The molecule has 1 amide bonds. The van der Waals surface area contributed by atoms with Crippen molar-refractivity contribution in [3.8, 4) is 5.75 Å². The normalized spacial score (nSPS) is 10.1. The van der Waals surface area contributed by atoms with Gasteiger partial charge in [0.1, 0.15) is 10.8 Å². The summed E-state index contributed by atoms with van der Waals surface area (Å²) in [4.78, 5) is 22.7. The average Bonchev–Trinajstić information content (AvgIpc) is 2.82. The summed E-state index contributed by atoms with van der Waals surface area (Å²) in [6.07, 6.45) is 0. The minimum Gasteiger partial charge on any atom is -0.484 e. The minimum absolute atomic E-state index is 0.0130. The van der Waals surface area contributed by atoms with Crippen LogP contribution in [0.1, 0.15) is 22.3 Å². The van der Waals surface area contributed by atoms with Crippen LogP contribution in [0.4, 0.5) is 5.13 Å². The van der Waals surface area contributed by atoms with Crippen molar-refractivity contribution < 1.29 is 14.3 Å². The second-order valence-electron chi connectivity index (χ2n) is 4.04. The molecule has 0 saturated heterocycles. The summed E-state index contributed by atoms with van der Waals surface area (Å²) in [5, 5.41) is 11.4. The number of aryl methyl sites for hydroxylation is 1. The van der Waals surface area contributed by atoms with Crippen LogP contribution in [0.3, 0.4) is 0 Å². The Labute approximate surface area is 119 Å². The number of anilines is 1. The van der Waals surface area contributed by atoms with E-state index in [-0.39, 0.29) is 18.3 Å². The van der Waals surface area contributed by atoms with Gasteiger partial charge in [0.15, 0.2) is 12.4 Å². The lowest BCUT2D eigenvalue weighted by Gasteiger charge is -2.05. The quantitative estimate of drug-likeness (QED) is 0.853. The lowest BCUT2D eigenvalue weighted by atomic mass is 10.1. The molecule has 0 aliphatic carbocycles. The topological polar surface area (TPSA) is 81.2 Å². The molecule has 0 spiro atoms. The molecule has 0 saturated carbocycles. The Balaban J connectivity index is 1.85. The number of amides is 1. The van der Waals surface area contributed by atoms with Gasteiger partial charge in [-0.25, -0.2) is 0 Å². The van der Waals surface area contributed by atoms with Crippen LogP contribution in [0.15, 0.2) is 24.3 Å². The number of rotatable bonds is 5. The molecule has 0 radical (unpaired) electrons. The lowest BCUT2D eigenvalue weighted by molar-refractivity contribution is -0.118. The van der Waals surface area contributed by atoms with Gasteiger partial charge in [-0.2, -0.15) is 0 Å². The predicted molar refractivity (Wildman–Crippen MR) is 75.2 cm³/mol. The monoisotopic (exact) mass is 291 g/mol. The molecular formula is C13H13N3O3S. The fourth-order valence-corrected chi connectivity index (χ4v) is 2.05. The van der Waals surface area contributed by atoms with Crippen LogP contribution < -0.4 is 10.1 Å². The van der Waals surface area contributed by atoms with Gasteiger partial charge >= 0.3 is 0 Å². The molecule has 2 aromatic rings. The molecule has 20 heavy (non-hydrogen) atoms. The minimum atomic E-state index is -0.309. The molecule has 1 N–H and O–H groups in total.